The van der Waals surface area contributed by atoms with Gasteiger partial charge in [0.2, 0.25) is 0 Å². The summed E-state index contributed by atoms with van der Waals surface area (Å²) >= 11 is 3.52. The molecule has 0 N–H and O–H groups in total. The largest absolute Gasteiger partial charge is 0.344 e. The lowest BCUT2D eigenvalue weighted by Gasteiger charge is -2.24. The molecule has 0 amide bonds. The van der Waals surface area contributed by atoms with Gasteiger partial charge in [-0.2, -0.15) is 0 Å². The Kier molecular flexibility index (Phi) is 3.61. The van der Waals surface area contributed by atoms with E-state index in [-0.39, 0.29) is 24.5 Å². The lowest BCUT2D eigenvalue weighted by atomic mass is 10.0. The molecule has 0 bridgehead atoms. The maximum atomic E-state index is 6.31. The molecule has 4 rings (SSSR count). The van der Waals surface area contributed by atoms with Crippen molar-refractivity contribution < 1.29 is 14.2 Å². The number of halogens is 1. The van der Waals surface area contributed by atoms with Gasteiger partial charge in [0, 0.05) is 10.7 Å². The van der Waals surface area contributed by atoms with Crippen LogP contribution in [0, 0.1) is 6.92 Å². The lowest BCUT2D eigenvalue weighted by Crippen LogP contribution is -2.27. The number of fused-ring (bicyclic) bond motifs is 1. The average molecular weight is 379 g/mol. The summed E-state index contributed by atoms with van der Waals surface area (Å²) in [5.74, 6) is -0.614. The van der Waals surface area contributed by atoms with Crippen molar-refractivity contribution in [3.63, 3.8) is 0 Å². The molecule has 0 saturated carbocycles. The Morgan fingerprint density at radius 1 is 1.22 bits per heavy atom. The molecule has 2 aromatic rings. The number of benzene rings is 1. The first kappa shape index (κ1) is 15.3. The van der Waals surface area contributed by atoms with Crippen LogP contribution in [0.2, 0.25) is 0 Å². The Bertz CT molecular complexity index is 730. The fourth-order valence-electron chi connectivity index (χ4n) is 3.35. The van der Waals surface area contributed by atoms with Crippen molar-refractivity contribution in [3.8, 4) is 0 Å². The number of ether oxygens (including phenoxy) is 3. The third-order valence-electron chi connectivity index (χ3n) is 4.23. The minimum Gasteiger partial charge on any atom is -0.344 e. The molecular formula is C17H19BrN2O3. The van der Waals surface area contributed by atoms with Crippen LogP contribution in [0.25, 0.3) is 0 Å². The number of nitrogens with zero attached hydrogens (tertiary/aromatic N) is 2. The molecule has 0 aliphatic carbocycles. The van der Waals surface area contributed by atoms with Gasteiger partial charge in [-0.3, -0.25) is 0 Å². The van der Waals surface area contributed by atoms with Crippen molar-refractivity contribution in [3.05, 3.63) is 52.5 Å². The van der Waals surface area contributed by atoms with Crippen molar-refractivity contribution in [2.45, 2.75) is 51.1 Å². The van der Waals surface area contributed by atoms with Gasteiger partial charge in [0.25, 0.3) is 0 Å². The van der Waals surface area contributed by atoms with E-state index in [4.69, 9.17) is 14.2 Å². The first-order chi connectivity index (χ1) is 10.9. The smallest absolute Gasteiger partial charge is 0.164 e. The van der Waals surface area contributed by atoms with Gasteiger partial charge >= 0.3 is 0 Å². The topological polar surface area (TPSA) is 45.5 Å². The van der Waals surface area contributed by atoms with Crippen molar-refractivity contribution in [2.75, 3.05) is 0 Å². The van der Waals surface area contributed by atoms with Crippen molar-refractivity contribution >= 4 is 15.9 Å². The van der Waals surface area contributed by atoms with E-state index in [0.717, 1.165) is 15.7 Å². The van der Waals surface area contributed by atoms with Crippen molar-refractivity contribution in [2.24, 2.45) is 0 Å². The zero-order valence-electron chi connectivity index (χ0n) is 13.3. The number of aromatic nitrogens is 2. The third kappa shape index (κ3) is 2.74. The number of imidazole rings is 1. The molecule has 2 fully saturated rings. The van der Waals surface area contributed by atoms with E-state index in [2.05, 4.69) is 33.0 Å². The Morgan fingerprint density at radius 2 is 2.00 bits per heavy atom. The summed E-state index contributed by atoms with van der Waals surface area (Å²) in [6, 6.07) is 8.14. The monoisotopic (exact) mass is 378 g/mol. The van der Waals surface area contributed by atoms with E-state index in [1.54, 1.807) is 6.33 Å². The molecule has 5 nitrogen and oxygen atoms in total. The highest BCUT2D eigenvalue weighted by Gasteiger charge is 2.56. The molecule has 1 aromatic carbocycles. The first-order valence-corrected chi connectivity index (χ1v) is 8.49. The number of rotatable bonds is 2. The third-order valence-corrected chi connectivity index (χ3v) is 4.72. The molecule has 2 aliphatic heterocycles. The number of hydrogen-bond donors (Lipinski definition) is 0. The predicted octanol–water partition coefficient (Wildman–Crippen LogP) is 3.74. The highest BCUT2D eigenvalue weighted by Crippen LogP contribution is 2.49. The van der Waals surface area contributed by atoms with Crippen LogP contribution in [0.4, 0.5) is 0 Å². The molecule has 2 saturated heterocycles. The van der Waals surface area contributed by atoms with E-state index in [1.807, 2.05) is 43.7 Å². The second-order valence-corrected chi connectivity index (χ2v) is 7.44. The molecule has 0 spiro atoms. The van der Waals surface area contributed by atoms with Crippen LogP contribution in [-0.2, 0) is 14.2 Å². The molecule has 1 aromatic heterocycles. The predicted molar refractivity (Wildman–Crippen MR) is 87.8 cm³/mol. The SMILES string of the molecule is Cc1cn([C@@H]2O[C@@H](c3cccc(Br)c3)[C@@H]3OC(C)(C)O[C@@H]32)cn1. The number of aryl methyl sites for hydroxylation is 1. The summed E-state index contributed by atoms with van der Waals surface area (Å²) in [5.41, 5.74) is 2.03. The van der Waals surface area contributed by atoms with E-state index >= 15 is 0 Å². The summed E-state index contributed by atoms with van der Waals surface area (Å²) in [4.78, 5) is 4.30. The standard InChI is InChI=1S/C17H19BrN2O3/c1-10-8-20(9-19-10)16-15-14(22-17(2,3)23-15)13(21-16)11-5-4-6-12(18)7-11/h4-9,13-16H,1-3H3/t13-,14-,15-,16+/m0/s1. The molecule has 2 aliphatic rings. The zero-order chi connectivity index (χ0) is 16.2. The highest BCUT2D eigenvalue weighted by atomic mass is 79.9. The van der Waals surface area contributed by atoms with E-state index in [1.165, 1.54) is 0 Å². The van der Waals surface area contributed by atoms with Crippen LogP contribution >= 0.6 is 15.9 Å². The Hall–Kier alpha value is -1.21. The van der Waals surface area contributed by atoms with Crippen molar-refractivity contribution in [1.82, 2.24) is 9.55 Å². The normalized spacial score (nSPS) is 32.2. The molecule has 23 heavy (non-hydrogen) atoms. The fourth-order valence-corrected chi connectivity index (χ4v) is 3.76. The molecule has 122 valence electrons. The minimum absolute atomic E-state index is 0.146. The van der Waals surface area contributed by atoms with Crippen LogP contribution in [0.5, 0.6) is 0 Å². The molecular weight excluding hydrogens is 360 g/mol. The molecule has 6 heteroatoms. The van der Waals surface area contributed by atoms with E-state index < -0.39 is 5.79 Å². The molecule has 4 atom stereocenters. The summed E-state index contributed by atoms with van der Waals surface area (Å²) in [7, 11) is 0. The van der Waals surface area contributed by atoms with Gasteiger partial charge in [0.1, 0.15) is 18.3 Å². The number of hydrogen-bond acceptors (Lipinski definition) is 4. The summed E-state index contributed by atoms with van der Waals surface area (Å²) < 4.78 is 21.6. The van der Waals surface area contributed by atoms with Gasteiger partial charge in [-0.05, 0) is 38.5 Å². The van der Waals surface area contributed by atoms with Gasteiger partial charge in [-0.25, -0.2) is 4.98 Å². The van der Waals surface area contributed by atoms with Gasteiger partial charge in [0.05, 0.1) is 12.0 Å². The molecule has 3 heterocycles. The van der Waals surface area contributed by atoms with Gasteiger partial charge in [0.15, 0.2) is 12.0 Å². The van der Waals surface area contributed by atoms with Gasteiger partial charge < -0.3 is 18.8 Å². The van der Waals surface area contributed by atoms with Crippen LogP contribution in [0.1, 0.15) is 37.4 Å². The van der Waals surface area contributed by atoms with Gasteiger partial charge in [-0.1, -0.05) is 28.1 Å². The average Bonchev–Trinajstić information content (AvgIpc) is 3.11. The lowest BCUT2D eigenvalue weighted by molar-refractivity contribution is -0.197. The van der Waals surface area contributed by atoms with E-state index in [9.17, 15) is 0 Å². The zero-order valence-corrected chi connectivity index (χ0v) is 14.9. The molecule has 0 radical (unpaired) electrons. The van der Waals surface area contributed by atoms with Crippen molar-refractivity contribution in [1.29, 1.82) is 0 Å². The second kappa shape index (κ2) is 5.41. The Labute approximate surface area is 143 Å². The van der Waals surface area contributed by atoms with Crippen LogP contribution in [0.3, 0.4) is 0 Å². The minimum atomic E-state index is -0.614. The summed E-state index contributed by atoms with van der Waals surface area (Å²) in [6.07, 6.45) is 3.03. The van der Waals surface area contributed by atoms with Crippen LogP contribution in [0.15, 0.2) is 41.3 Å². The molecule has 0 unspecified atom stereocenters. The summed E-state index contributed by atoms with van der Waals surface area (Å²) in [6.45, 7) is 5.85. The maximum Gasteiger partial charge on any atom is 0.164 e. The first-order valence-electron chi connectivity index (χ1n) is 7.70. The highest BCUT2D eigenvalue weighted by molar-refractivity contribution is 9.10. The van der Waals surface area contributed by atoms with Gasteiger partial charge in [-0.15, -0.1) is 0 Å². The van der Waals surface area contributed by atoms with E-state index in [0.29, 0.717) is 0 Å². The fraction of sp³-hybridized carbons (Fsp3) is 0.471. The Morgan fingerprint density at radius 3 is 2.70 bits per heavy atom. The Balaban J connectivity index is 1.71. The summed E-state index contributed by atoms with van der Waals surface area (Å²) in [5, 5.41) is 0. The second-order valence-electron chi connectivity index (χ2n) is 6.53. The maximum absolute atomic E-state index is 6.31. The van der Waals surface area contributed by atoms with Crippen LogP contribution < -0.4 is 0 Å². The quantitative estimate of drug-likeness (QED) is 0.798. The van der Waals surface area contributed by atoms with Crippen LogP contribution in [-0.4, -0.2) is 27.5 Å².